The highest BCUT2D eigenvalue weighted by Crippen LogP contribution is 2.29. The molecule has 17 heavy (non-hydrogen) atoms. The Labute approximate surface area is 105 Å². The summed E-state index contributed by atoms with van der Waals surface area (Å²) in [6.07, 6.45) is 2.03. The second-order valence-electron chi connectivity index (χ2n) is 4.62. The van der Waals surface area contributed by atoms with Gasteiger partial charge in [-0.2, -0.15) is 0 Å². The number of aromatic nitrogens is 1. The maximum absolute atomic E-state index is 11.5. The molecular formula is C10H14ClN3O2S. The van der Waals surface area contributed by atoms with Crippen molar-refractivity contribution in [2.75, 3.05) is 22.6 Å². The third kappa shape index (κ3) is 2.81. The molecule has 3 N–H and O–H groups in total. The molecule has 1 atom stereocenters. The van der Waals surface area contributed by atoms with Crippen LogP contribution in [0.3, 0.4) is 0 Å². The predicted octanol–water partition coefficient (Wildman–Crippen LogP) is 1.31. The highest BCUT2D eigenvalue weighted by Gasteiger charge is 2.38. The Bertz CT molecular complexity index is 546. The minimum atomic E-state index is -2.95. The van der Waals surface area contributed by atoms with Crippen LogP contribution in [0, 0.1) is 0 Å². The fourth-order valence-electron chi connectivity index (χ4n) is 1.95. The topological polar surface area (TPSA) is 85.1 Å². The molecule has 5 nitrogen and oxygen atoms in total. The van der Waals surface area contributed by atoms with Crippen molar-refractivity contribution in [2.24, 2.45) is 0 Å². The van der Waals surface area contributed by atoms with Gasteiger partial charge in [0.2, 0.25) is 0 Å². The molecule has 1 saturated heterocycles. The first kappa shape index (κ1) is 12.4. The van der Waals surface area contributed by atoms with Gasteiger partial charge in [0, 0.05) is 6.20 Å². The number of nitrogens with zero attached hydrogens (tertiary/aromatic N) is 1. The number of hydrogen-bond donors (Lipinski definition) is 2. The van der Waals surface area contributed by atoms with Gasteiger partial charge in [0.15, 0.2) is 9.84 Å². The Kier molecular flexibility index (Phi) is 2.95. The van der Waals surface area contributed by atoms with Crippen LogP contribution in [-0.4, -0.2) is 30.4 Å². The van der Waals surface area contributed by atoms with Gasteiger partial charge in [-0.05, 0) is 19.4 Å². The van der Waals surface area contributed by atoms with Gasteiger partial charge in [-0.15, -0.1) is 0 Å². The Hall–Kier alpha value is -1.01. The standard InChI is InChI=1S/C10H14ClN3O2S/c1-10(2-3-17(15,16)6-10)14-9-8(12)4-7(11)5-13-9/h4-5H,2-3,6,12H2,1H3,(H,13,14). The van der Waals surface area contributed by atoms with Crippen molar-refractivity contribution >= 4 is 32.9 Å². The van der Waals surface area contributed by atoms with Crippen molar-refractivity contribution < 1.29 is 8.42 Å². The fraction of sp³-hybridized carbons (Fsp3) is 0.500. The summed E-state index contributed by atoms with van der Waals surface area (Å²) in [6, 6.07) is 1.59. The van der Waals surface area contributed by atoms with Crippen LogP contribution >= 0.6 is 11.6 Å². The summed E-state index contributed by atoms with van der Waals surface area (Å²) in [6.45, 7) is 1.85. The second kappa shape index (κ2) is 4.03. The second-order valence-corrected chi connectivity index (χ2v) is 7.24. The van der Waals surface area contributed by atoms with Crippen molar-refractivity contribution in [1.82, 2.24) is 4.98 Å². The fourth-order valence-corrected chi connectivity index (χ4v) is 4.21. The Morgan fingerprint density at radius 2 is 2.29 bits per heavy atom. The van der Waals surface area contributed by atoms with E-state index >= 15 is 0 Å². The van der Waals surface area contributed by atoms with Crippen molar-refractivity contribution in [2.45, 2.75) is 18.9 Å². The van der Waals surface area contributed by atoms with E-state index < -0.39 is 15.4 Å². The number of halogens is 1. The van der Waals surface area contributed by atoms with Crippen LogP contribution in [0.5, 0.6) is 0 Å². The zero-order chi connectivity index (χ0) is 12.7. The largest absolute Gasteiger partial charge is 0.396 e. The average molecular weight is 276 g/mol. The molecule has 1 aromatic rings. The van der Waals surface area contributed by atoms with Crippen LogP contribution in [0.1, 0.15) is 13.3 Å². The number of hydrogen-bond acceptors (Lipinski definition) is 5. The predicted molar refractivity (Wildman–Crippen MR) is 69.0 cm³/mol. The lowest BCUT2D eigenvalue weighted by molar-refractivity contribution is 0.572. The molecule has 1 aromatic heterocycles. The molecular weight excluding hydrogens is 262 g/mol. The van der Waals surface area contributed by atoms with Gasteiger partial charge in [0.05, 0.1) is 27.8 Å². The normalized spacial score (nSPS) is 26.9. The number of nitrogens with one attached hydrogen (secondary N) is 1. The summed E-state index contributed by atoms with van der Waals surface area (Å²) >= 11 is 5.75. The highest BCUT2D eigenvalue weighted by molar-refractivity contribution is 7.91. The summed E-state index contributed by atoms with van der Waals surface area (Å²) in [5.74, 6) is 0.780. The molecule has 0 bridgehead atoms. The van der Waals surface area contributed by atoms with Gasteiger partial charge in [-0.3, -0.25) is 0 Å². The molecule has 1 unspecified atom stereocenters. The summed E-state index contributed by atoms with van der Waals surface area (Å²) in [5, 5.41) is 3.55. The van der Waals surface area contributed by atoms with E-state index in [0.29, 0.717) is 22.9 Å². The number of rotatable bonds is 2. The lowest BCUT2D eigenvalue weighted by Crippen LogP contribution is -2.36. The maximum atomic E-state index is 11.5. The van der Waals surface area contributed by atoms with Gasteiger partial charge in [0.25, 0.3) is 0 Å². The van der Waals surface area contributed by atoms with Gasteiger partial charge < -0.3 is 11.1 Å². The summed E-state index contributed by atoms with van der Waals surface area (Å²) in [4.78, 5) is 4.07. The van der Waals surface area contributed by atoms with E-state index in [-0.39, 0.29) is 11.5 Å². The van der Waals surface area contributed by atoms with Crippen molar-refractivity contribution in [3.63, 3.8) is 0 Å². The summed E-state index contributed by atoms with van der Waals surface area (Å²) in [7, 11) is -2.95. The van der Waals surface area contributed by atoms with Crippen LogP contribution < -0.4 is 11.1 Å². The Morgan fingerprint density at radius 1 is 1.59 bits per heavy atom. The van der Waals surface area contributed by atoms with Crippen LogP contribution in [0.4, 0.5) is 11.5 Å². The van der Waals surface area contributed by atoms with Gasteiger partial charge in [0.1, 0.15) is 5.82 Å². The third-order valence-electron chi connectivity index (χ3n) is 2.81. The average Bonchev–Trinajstić information content (AvgIpc) is 2.46. The zero-order valence-corrected chi connectivity index (χ0v) is 11.0. The lowest BCUT2D eigenvalue weighted by atomic mass is 10.0. The first-order valence-corrected chi connectivity index (χ1v) is 7.39. The lowest BCUT2D eigenvalue weighted by Gasteiger charge is -2.25. The van der Waals surface area contributed by atoms with Crippen molar-refractivity contribution in [3.05, 3.63) is 17.3 Å². The zero-order valence-electron chi connectivity index (χ0n) is 9.40. The van der Waals surface area contributed by atoms with E-state index in [2.05, 4.69) is 10.3 Å². The first-order valence-electron chi connectivity index (χ1n) is 5.19. The number of pyridine rings is 1. The van der Waals surface area contributed by atoms with Gasteiger partial charge in [-0.25, -0.2) is 13.4 Å². The van der Waals surface area contributed by atoms with Gasteiger partial charge in [-0.1, -0.05) is 11.6 Å². The van der Waals surface area contributed by atoms with E-state index in [1.54, 1.807) is 6.07 Å². The van der Waals surface area contributed by atoms with E-state index in [1.165, 1.54) is 6.20 Å². The smallest absolute Gasteiger partial charge is 0.152 e. The molecule has 0 radical (unpaired) electrons. The first-order chi connectivity index (χ1) is 7.80. The number of nitrogen functional groups attached to an aromatic ring is 1. The molecule has 1 aliphatic rings. The number of anilines is 2. The Morgan fingerprint density at radius 3 is 2.82 bits per heavy atom. The van der Waals surface area contributed by atoms with E-state index in [9.17, 15) is 8.42 Å². The van der Waals surface area contributed by atoms with Crippen LogP contribution in [0.2, 0.25) is 5.02 Å². The molecule has 0 saturated carbocycles. The minimum Gasteiger partial charge on any atom is -0.396 e. The molecule has 0 aromatic carbocycles. The van der Waals surface area contributed by atoms with Crippen LogP contribution in [0.25, 0.3) is 0 Å². The minimum absolute atomic E-state index is 0.101. The maximum Gasteiger partial charge on any atom is 0.152 e. The quantitative estimate of drug-likeness (QED) is 0.850. The molecule has 94 valence electrons. The van der Waals surface area contributed by atoms with E-state index in [1.807, 2.05) is 6.92 Å². The molecule has 2 rings (SSSR count). The molecule has 1 fully saturated rings. The van der Waals surface area contributed by atoms with Crippen LogP contribution in [0.15, 0.2) is 12.3 Å². The molecule has 0 amide bonds. The van der Waals surface area contributed by atoms with Crippen molar-refractivity contribution in [1.29, 1.82) is 0 Å². The van der Waals surface area contributed by atoms with Crippen molar-refractivity contribution in [3.8, 4) is 0 Å². The SMILES string of the molecule is CC1(Nc2ncc(Cl)cc2N)CCS(=O)(=O)C1. The molecule has 0 spiro atoms. The molecule has 7 heteroatoms. The third-order valence-corrected chi connectivity index (χ3v) is 4.92. The number of sulfone groups is 1. The molecule has 2 heterocycles. The molecule has 1 aliphatic heterocycles. The monoisotopic (exact) mass is 275 g/mol. The van der Waals surface area contributed by atoms with E-state index in [0.717, 1.165) is 0 Å². The van der Waals surface area contributed by atoms with E-state index in [4.69, 9.17) is 17.3 Å². The summed E-state index contributed by atoms with van der Waals surface area (Å²) < 4.78 is 22.9. The number of nitrogens with two attached hydrogens (primary N) is 1. The Balaban J connectivity index is 2.22. The van der Waals surface area contributed by atoms with Gasteiger partial charge >= 0.3 is 0 Å². The highest BCUT2D eigenvalue weighted by atomic mass is 35.5. The summed E-state index contributed by atoms with van der Waals surface area (Å²) in [5.41, 5.74) is 5.68. The molecule has 0 aliphatic carbocycles. The van der Waals surface area contributed by atoms with Crippen LogP contribution in [-0.2, 0) is 9.84 Å².